The van der Waals surface area contributed by atoms with Crippen molar-refractivity contribution in [2.75, 3.05) is 11.9 Å². The van der Waals surface area contributed by atoms with Crippen LogP contribution in [-0.4, -0.2) is 65.8 Å². The van der Waals surface area contributed by atoms with Crippen molar-refractivity contribution in [3.63, 3.8) is 0 Å². The van der Waals surface area contributed by atoms with Gasteiger partial charge in [-0.25, -0.2) is 15.0 Å². The summed E-state index contributed by atoms with van der Waals surface area (Å²) in [5, 5.41) is 33.1. The van der Waals surface area contributed by atoms with Gasteiger partial charge in [-0.2, -0.15) is 0 Å². The van der Waals surface area contributed by atoms with Crippen LogP contribution in [0.5, 0.6) is 0 Å². The molecule has 3 aliphatic rings. The lowest BCUT2D eigenvalue weighted by molar-refractivity contribution is -0.0511. The van der Waals surface area contributed by atoms with Gasteiger partial charge in [0, 0.05) is 6.04 Å². The van der Waals surface area contributed by atoms with E-state index in [0.717, 1.165) is 11.8 Å². The molecule has 2 aromatic rings. The zero-order chi connectivity index (χ0) is 17.8. The Hall–Kier alpha value is -1.81. The van der Waals surface area contributed by atoms with Gasteiger partial charge < -0.3 is 25.4 Å². The minimum Gasteiger partial charge on any atom is -0.394 e. The molecule has 3 heterocycles. The second-order valence-corrected chi connectivity index (χ2v) is 7.62. The maximum Gasteiger partial charge on any atom is 0.167 e. The molecule has 9 heteroatoms. The number of hydrogen-bond donors (Lipinski definition) is 4. The van der Waals surface area contributed by atoms with Gasteiger partial charge in [-0.3, -0.25) is 4.57 Å². The molecule has 0 radical (unpaired) electrons. The molecule has 3 fully saturated rings. The van der Waals surface area contributed by atoms with Crippen LogP contribution in [0.1, 0.15) is 31.9 Å². The van der Waals surface area contributed by atoms with Gasteiger partial charge in [0.05, 0.1) is 12.9 Å². The van der Waals surface area contributed by atoms with Gasteiger partial charge in [0.2, 0.25) is 0 Å². The number of anilines is 1. The van der Waals surface area contributed by atoms with Gasteiger partial charge in [0.1, 0.15) is 24.6 Å². The fourth-order valence-electron chi connectivity index (χ4n) is 3.94. The zero-order valence-electron chi connectivity index (χ0n) is 14.3. The number of imidazole rings is 1. The van der Waals surface area contributed by atoms with Crippen molar-refractivity contribution in [1.29, 1.82) is 0 Å². The summed E-state index contributed by atoms with van der Waals surface area (Å²) in [6.07, 6.45) is 4.06. The van der Waals surface area contributed by atoms with Crippen LogP contribution in [0, 0.1) is 11.8 Å². The molecule has 1 aliphatic heterocycles. The van der Waals surface area contributed by atoms with Crippen molar-refractivity contribution in [3.8, 4) is 0 Å². The van der Waals surface area contributed by atoms with Gasteiger partial charge in [-0.15, -0.1) is 0 Å². The van der Waals surface area contributed by atoms with Crippen molar-refractivity contribution in [2.24, 2.45) is 11.8 Å². The Morgan fingerprint density at radius 1 is 1.12 bits per heavy atom. The highest BCUT2D eigenvalue weighted by Crippen LogP contribution is 2.46. The summed E-state index contributed by atoms with van der Waals surface area (Å²) < 4.78 is 7.19. The standard InChI is InChI=1S/C17H23N5O4/c23-5-10-13(24)14(25)17(26-10)22-7-20-12-15(18-6-19-16(12)22)21-11(8-1-2-8)9-3-4-9/h6-11,13-14,17,23-25H,1-5H2,(H,18,19,21). The van der Waals surface area contributed by atoms with Gasteiger partial charge in [-0.05, 0) is 37.5 Å². The molecule has 26 heavy (non-hydrogen) atoms. The van der Waals surface area contributed by atoms with Gasteiger partial charge >= 0.3 is 0 Å². The molecular weight excluding hydrogens is 338 g/mol. The summed E-state index contributed by atoms with van der Waals surface area (Å²) in [6, 6.07) is 0.437. The molecule has 0 bridgehead atoms. The second kappa shape index (κ2) is 6.12. The quantitative estimate of drug-likeness (QED) is 0.568. The molecule has 9 nitrogen and oxygen atoms in total. The molecule has 2 saturated carbocycles. The molecule has 2 aliphatic carbocycles. The average molecular weight is 361 g/mol. The third-order valence-corrected chi connectivity index (χ3v) is 5.71. The van der Waals surface area contributed by atoms with E-state index in [1.54, 1.807) is 4.57 Å². The first-order valence-electron chi connectivity index (χ1n) is 9.24. The number of aliphatic hydroxyl groups is 3. The number of aromatic nitrogens is 4. The molecule has 4 unspecified atom stereocenters. The smallest absolute Gasteiger partial charge is 0.167 e. The van der Waals surface area contributed by atoms with E-state index in [2.05, 4.69) is 20.3 Å². The highest BCUT2D eigenvalue weighted by Gasteiger charge is 2.44. The van der Waals surface area contributed by atoms with E-state index >= 15 is 0 Å². The second-order valence-electron chi connectivity index (χ2n) is 7.62. The largest absolute Gasteiger partial charge is 0.394 e. The Labute approximate surface area is 150 Å². The maximum atomic E-state index is 10.3. The molecule has 0 aromatic carbocycles. The van der Waals surface area contributed by atoms with E-state index in [0.29, 0.717) is 23.0 Å². The van der Waals surface area contributed by atoms with Gasteiger partial charge in [-0.1, -0.05) is 0 Å². The average Bonchev–Trinajstić information content (AvgIpc) is 3.57. The van der Waals surface area contributed by atoms with Crippen LogP contribution in [0.25, 0.3) is 11.2 Å². The molecule has 4 N–H and O–H groups in total. The number of rotatable bonds is 6. The summed E-state index contributed by atoms with van der Waals surface area (Å²) in [7, 11) is 0. The van der Waals surface area contributed by atoms with Crippen LogP contribution in [-0.2, 0) is 4.74 Å². The molecule has 0 spiro atoms. The lowest BCUT2D eigenvalue weighted by Gasteiger charge is -2.19. The van der Waals surface area contributed by atoms with E-state index in [9.17, 15) is 15.3 Å². The van der Waals surface area contributed by atoms with Crippen LogP contribution in [0.3, 0.4) is 0 Å². The van der Waals surface area contributed by atoms with Gasteiger partial charge in [0.25, 0.3) is 0 Å². The number of aliphatic hydroxyl groups excluding tert-OH is 3. The molecule has 5 rings (SSSR count). The fraction of sp³-hybridized carbons (Fsp3) is 0.706. The topological polar surface area (TPSA) is 126 Å². The summed E-state index contributed by atoms with van der Waals surface area (Å²) in [6.45, 7) is -0.367. The van der Waals surface area contributed by atoms with Crippen LogP contribution in [0.2, 0.25) is 0 Å². The lowest BCUT2D eigenvalue weighted by atomic mass is 10.1. The Balaban J connectivity index is 1.46. The van der Waals surface area contributed by atoms with Gasteiger partial charge in [0.15, 0.2) is 23.2 Å². The van der Waals surface area contributed by atoms with Crippen molar-refractivity contribution < 1.29 is 20.1 Å². The minimum atomic E-state index is -1.17. The van der Waals surface area contributed by atoms with Crippen LogP contribution in [0.15, 0.2) is 12.7 Å². The molecule has 140 valence electrons. The number of ether oxygens (including phenoxy) is 1. The number of fused-ring (bicyclic) bond motifs is 1. The van der Waals surface area contributed by atoms with Crippen molar-refractivity contribution >= 4 is 17.0 Å². The molecule has 4 atom stereocenters. The summed E-state index contributed by atoms with van der Waals surface area (Å²) in [4.78, 5) is 13.1. The molecule has 2 aromatic heterocycles. The molecular formula is C17H23N5O4. The van der Waals surface area contributed by atoms with E-state index in [4.69, 9.17) is 4.74 Å². The third-order valence-electron chi connectivity index (χ3n) is 5.71. The van der Waals surface area contributed by atoms with Crippen LogP contribution in [0.4, 0.5) is 5.82 Å². The monoisotopic (exact) mass is 361 g/mol. The predicted molar refractivity (Wildman–Crippen MR) is 91.2 cm³/mol. The summed E-state index contributed by atoms with van der Waals surface area (Å²) in [5.74, 6) is 2.13. The fourth-order valence-corrected chi connectivity index (χ4v) is 3.94. The van der Waals surface area contributed by atoms with Crippen LogP contribution < -0.4 is 5.32 Å². The first-order valence-corrected chi connectivity index (χ1v) is 9.24. The van der Waals surface area contributed by atoms with Crippen LogP contribution >= 0.6 is 0 Å². The molecule has 0 amide bonds. The Morgan fingerprint density at radius 3 is 2.46 bits per heavy atom. The predicted octanol–water partition coefficient (Wildman–Crippen LogP) is 0.0383. The van der Waals surface area contributed by atoms with Crippen molar-refractivity contribution in [1.82, 2.24) is 19.5 Å². The maximum absolute atomic E-state index is 10.3. The Kier molecular flexibility index (Phi) is 3.85. The number of nitrogens with zero attached hydrogens (tertiary/aromatic N) is 4. The lowest BCUT2D eigenvalue weighted by Crippen LogP contribution is -2.33. The summed E-state index contributed by atoms with van der Waals surface area (Å²) in [5.41, 5.74) is 1.15. The van der Waals surface area contributed by atoms with E-state index in [1.165, 1.54) is 38.3 Å². The Morgan fingerprint density at radius 2 is 1.85 bits per heavy atom. The normalized spacial score (nSPS) is 31.8. The number of hydrogen-bond acceptors (Lipinski definition) is 8. The molecule has 1 saturated heterocycles. The first kappa shape index (κ1) is 16.4. The first-order chi connectivity index (χ1) is 12.7. The zero-order valence-corrected chi connectivity index (χ0v) is 14.3. The van der Waals surface area contributed by atoms with E-state index in [-0.39, 0.29) is 6.61 Å². The SMILES string of the molecule is OCC1OC(n2cnc3c(NC(C4CC4)C4CC4)ncnc32)C(O)C1O. The minimum absolute atomic E-state index is 0.367. The highest BCUT2D eigenvalue weighted by molar-refractivity contribution is 5.83. The van der Waals surface area contributed by atoms with E-state index in [1.807, 2.05) is 0 Å². The summed E-state index contributed by atoms with van der Waals surface area (Å²) >= 11 is 0. The van der Waals surface area contributed by atoms with Crippen molar-refractivity contribution in [2.45, 2.75) is 56.3 Å². The highest BCUT2D eigenvalue weighted by atomic mass is 16.6. The Bertz CT molecular complexity index is 794. The third kappa shape index (κ3) is 2.66. The van der Waals surface area contributed by atoms with Crippen molar-refractivity contribution in [3.05, 3.63) is 12.7 Å². The van der Waals surface area contributed by atoms with E-state index < -0.39 is 24.5 Å². The number of nitrogens with one attached hydrogen (secondary N) is 1.